The third-order valence-electron chi connectivity index (χ3n) is 2.93. The monoisotopic (exact) mass is 249 g/mol. The first-order valence-corrected chi connectivity index (χ1v) is 6.85. The van der Waals surface area contributed by atoms with Crippen LogP contribution in [0.2, 0.25) is 0 Å². The Kier molecular flexibility index (Phi) is 6.13. The van der Waals surface area contributed by atoms with E-state index in [4.69, 9.17) is 0 Å². The van der Waals surface area contributed by atoms with Gasteiger partial charge in [-0.3, -0.25) is 4.68 Å². The molecule has 102 valence electrons. The van der Waals surface area contributed by atoms with Crippen LogP contribution >= 0.6 is 0 Å². The molecule has 0 amide bonds. The first kappa shape index (κ1) is 15.0. The molecule has 0 saturated heterocycles. The maximum atomic E-state index is 4.37. The van der Waals surface area contributed by atoms with Crippen molar-refractivity contribution in [3.63, 3.8) is 0 Å². The van der Waals surface area contributed by atoms with Crippen molar-refractivity contribution in [3.8, 4) is 0 Å². The van der Waals surface area contributed by atoms with Gasteiger partial charge in [0.25, 0.3) is 0 Å². The number of nitrogens with one attached hydrogen (secondary N) is 1. The third kappa shape index (κ3) is 5.50. The fourth-order valence-corrected chi connectivity index (χ4v) is 2.00. The maximum absolute atomic E-state index is 4.37. The molecule has 1 aromatic rings. The highest BCUT2D eigenvalue weighted by atomic mass is 15.3. The van der Waals surface area contributed by atoms with Gasteiger partial charge in [-0.15, -0.1) is 0 Å². The van der Waals surface area contributed by atoms with Crippen LogP contribution in [0, 0.1) is 12.8 Å². The number of aromatic nitrogens is 2. The Morgan fingerprint density at radius 2 is 2.22 bits per heavy atom. The molecule has 0 fully saturated rings. The van der Waals surface area contributed by atoms with Crippen LogP contribution in [0.1, 0.15) is 38.6 Å². The van der Waals surface area contributed by atoms with E-state index in [0.717, 1.165) is 37.5 Å². The van der Waals surface area contributed by atoms with Crippen molar-refractivity contribution in [3.05, 3.63) is 29.1 Å². The SMILES string of the molecule is CC(=CCCNCC(C)C)Cc1cc(C)nn1C. The number of rotatable bonds is 7. The van der Waals surface area contributed by atoms with Crippen molar-refractivity contribution < 1.29 is 0 Å². The number of hydrogen-bond acceptors (Lipinski definition) is 2. The largest absolute Gasteiger partial charge is 0.316 e. The molecule has 1 heterocycles. The van der Waals surface area contributed by atoms with Gasteiger partial charge in [0.15, 0.2) is 0 Å². The standard InChI is InChI=1S/C15H27N3/c1-12(2)11-16-8-6-7-13(3)9-15-10-14(4)17-18(15)5/h7,10,12,16H,6,8-9,11H2,1-5H3. The highest BCUT2D eigenvalue weighted by Crippen LogP contribution is 2.09. The summed E-state index contributed by atoms with van der Waals surface area (Å²) in [6, 6.07) is 2.16. The fourth-order valence-electron chi connectivity index (χ4n) is 2.00. The van der Waals surface area contributed by atoms with E-state index in [0.29, 0.717) is 0 Å². The summed E-state index contributed by atoms with van der Waals surface area (Å²) >= 11 is 0. The smallest absolute Gasteiger partial charge is 0.0596 e. The zero-order valence-electron chi connectivity index (χ0n) is 12.5. The van der Waals surface area contributed by atoms with Crippen molar-refractivity contribution >= 4 is 0 Å². The van der Waals surface area contributed by atoms with E-state index < -0.39 is 0 Å². The summed E-state index contributed by atoms with van der Waals surface area (Å²) < 4.78 is 1.98. The molecule has 0 bridgehead atoms. The van der Waals surface area contributed by atoms with Gasteiger partial charge in [0, 0.05) is 19.2 Å². The zero-order valence-corrected chi connectivity index (χ0v) is 12.5. The highest BCUT2D eigenvalue weighted by Gasteiger charge is 2.02. The van der Waals surface area contributed by atoms with Crippen molar-refractivity contribution in [2.45, 2.75) is 40.5 Å². The molecule has 0 aliphatic rings. The molecule has 0 saturated carbocycles. The first-order valence-electron chi connectivity index (χ1n) is 6.85. The van der Waals surface area contributed by atoms with Gasteiger partial charge in [0.05, 0.1) is 5.69 Å². The van der Waals surface area contributed by atoms with E-state index in [9.17, 15) is 0 Å². The van der Waals surface area contributed by atoms with Crippen LogP contribution in [0.5, 0.6) is 0 Å². The quantitative estimate of drug-likeness (QED) is 0.595. The van der Waals surface area contributed by atoms with Gasteiger partial charge >= 0.3 is 0 Å². The molecule has 1 aromatic heterocycles. The topological polar surface area (TPSA) is 29.9 Å². The van der Waals surface area contributed by atoms with E-state index in [-0.39, 0.29) is 0 Å². The van der Waals surface area contributed by atoms with E-state index in [1.165, 1.54) is 11.3 Å². The fraction of sp³-hybridized carbons (Fsp3) is 0.667. The molecule has 0 spiro atoms. The lowest BCUT2D eigenvalue weighted by molar-refractivity contribution is 0.556. The van der Waals surface area contributed by atoms with E-state index in [1.807, 2.05) is 18.7 Å². The summed E-state index contributed by atoms with van der Waals surface area (Å²) in [5, 5.41) is 7.83. The van der Waals surface area contributed by atoms with Crippen molar-refractivity contribution in [1.29, 1.82) is 0 Å². The Balaban J connectivity index is 2.31. The van der Waals surface area contributed by atoms with Crippen LogP contribution in [0.15, 0.2) is 17.7 Å². The number of allylic oxidation sites excluding steroid dienone is 1. The average Bonchev–Trinajstić information content (AvgIpc) is 2.56. The lowest BCUT2D eigenvalue weighted by Gasteiger charge is -2.06. The van der Waals surface area contributed by atoms with Gasteiger partial charge in [0.2, 0.25) is 0 Å². The summed E-state index contributed by atoms with van der Waals surface area (Å²) in [5.41, 5.74) is 3.81. The summed E-state index contributed by atoms with van der Waals surface area (Å²) in [5.74, 6) is 0.729. The normalized spacial score (nSPS) is 12.4. The van der Waals surface area contributed by atoms with Gasteiger partial charge in [0.1, 0.15) is 0 Å². The predicted octanol–water partition coefficient (Wildman–Crippen LogP) is 2.85. The Labute approximate surface area is 111 Å². The van der Waals surface area contributed by atoms with Gasteiger partial charge in [-0.25, -0.2) is 0 Å². The number of hydrogen-bond donors (Lipinski definition) is 1. The molecule has 0 unspecified atom stereocenters. The van der Waals surface area contributed by atoms with Crippen LogP contribution in [0.4, 0.5) is 0 Å². The average molecular weight is 249 g/mol. The Morgan fingerprint density at radius 1 is 1.50 bits per heavy atom. The minimum absolute atomic E-state index is 0.729. The second kappa shape index (κ2) is 7.37. The predicted molar refractivity (Wildman–Crippen MR) is 77.7 cm³/mol. The summed E-state index contributed by atoms with van der Waals surface area (Å²) in [7, 11) is 2.01. The summed E-state index contributed by atoms with van der Waals surface area (Å²) in [4.78, 5) is 0. The molecule has 0 aromatic carbocycles. The Bertz CT molecular complexity index is 388. The molecule has 1 N–H and O–H groups in total. The number of aryl methyl sites for hydroxylation is 2. The highest BCUT2D eigenvalue weighted by molar-refractivity contribution is 5.16. The summed E-state index contributed by atoms with van der Waals surface area (Å²) in [6.07, 6.45) is 4.44. The van der Waals surface area contributed by atoms with Gasteiger partial charge < -0.3 is 5.32 Å². The van der Waals surface area contributed by atoms with Crippen LogP contribution in [-0.2, 0) is 13.5 Å². The van der Waals surface area contributed by atoms with Crippen molar-refractivity contribution in [2.75, 3.05) is 13.1 Å². The third-order valence-corrected chi connectivity index (χ3v) is 2.93. The second-order valence-electron chi connectivity index (χ2n) is 5.51. The molecule has 3 heteroatoms. The Morgan fingerprint density at radius 3 is 2.78 bits per heavy atom. The number of nitrogens with zero attached hydrogens (tertiary/aromatic N) is 2. The van der Waals surface area contributed by atoms with Crippen LogP contribution < -0.4 is 5.32 Å². The molecule has 0 atom stereocenters. The second-order valence-corrected chi connectivity index (χ2v) is 5.51. The molecular formula is C15H27N3. The molecular weight excluding hydrogens is 222 g/mol. The van der Waals surface area contributed by atoms with E-state index >= 15 is 0 Å². The van der Waals surface area contributed by atoms with Gasteiger partial charge in [-0.1, -0.05) is 25.5 Å². The van der Waals surface area contributed by atoms with Crippen LogP contribution in [-0.4, -0.2) is 22.9 Å². The maximum Gasteiger partial charge on any atom is 0.0596 e. The molecule has 3 nitrogen and oxygen atoms in total. The first-order chi connectivity index (χ1) is 8.49. The van der Waals surface area contributed by atoms with Crippen molar-refractivity contribution in [2.24, 2.45) is 13.0 Å². The molecule has 0 aliphatic carbocycles. The lowest BCUT2D eigenvalue weighted by atomic mass is 10.1. The minimum Gasteiger partial charge on any atom is -0.316 e. The Hall–Kier alpha value is -1.09. The van der Waals surface area contributed by atoms with E-state index in [1.54, 1.807) is 0 Å². The van der Waals surface area contributed by atoms with Gasteiger partial charge in [-0.05, 0) is 45.3 Å². The van der Waals surface area contributed by atoms with Crippen LogP contribution in [0.3, 0.4) is 0 Å². The van der Waals surface area contributed by atoms with Crippen LogP contribution in [0.25, 0.3) is 0 Å². The minimum atomic E-state index is 0.729. The molecule has 0 radical (unpaired) electrons. The lowest BCUT2D eigenvalue weighted by Crippen LogP contribution is -2.20. The summed E-state index contributed by atoms with van der Waals surface area (Å²) in [6.45, 7) is 10.9. The van der Waals surface area contributed by atoms with Crippen molar-refractivity contribution in [1.82, 2.24) is 15.1 Å². The van der Waals surface area contributed by atoms with Gasteiger partial charge in [-0.2, -0.15) is 5.10 Å². The molecule has 0 aliphatic heterocycles. The molecule has 18 heavy (non-hydrogen) atoms. The zero-order chi connectivity index (χ0) is 13.5. The van der Waals surface area contributed by atoms with E-state index in [2.05, 4.69) is 43.3 Å². The molecule has 1 rings (SSSR count).